The number of hydrogen-bond donors (Lipinski definition) is 1. The number of halogens is 2. The maximum Gasteiger partial charge on any atom is 0.261 e. The van der Waals surface area contributed by atoms with Gasteiger partial charge in [0.2, 0.25) is 5.91 Å². The van der Waals surface area contributed by atoms with Crippen LogP contribution in [0.2, 0.25) is 10.0 Å². The third-order valence-electron chi connectivity index (χ3n) is 4.88. The Morgan fingerprint density at radius 3 is 2.20 bits per heavy atom. The minimum atomic E-state index is -0.668. The van der Waals surface area contributed by atoms with Crippen LogP contribution < -0.4 is 10.1 Å². The van der Waals surface area contributed by atoms with E-state index in [0.29, 0.717) is 27.8 Å². The summed E-state index contributed by atoms with van der Waals surface area (Å²) in [7, 11) is 0. The lowest BCUT2D eigenvalue weighted by atomic mass is 10.1. The fourth-order valence-corrected chi connectivity index (χ4v) is 3.48. The molecule has 0 aromatic heterocycles. The molecule has 0 radical (unpaired) electrons. The molecular formula is C23H28Cl2N2O3. The molecule has 7 heteroatoms. The van der Waals surface area contributed by atoms with E-state index in [1.54, 1.807) is 30.3 Å². The number of benzene rings is 2. The molecule has 0 bridgehead atoms. The van der Waals surface area contributed by atoms with E-state index >= 15 is 0 Å². The van der Waals surface area contributed by atoms with Gasteiger partial charge in [0, 0.05) is 28.2 Å². The first kappa shape index (κ1) is 24.0. The highest BCUT2D eigenvalue weighted by Gasteiger charge is 2.30. The van der Waals surface area contributed by atoms with Crippen molar-refractivity contribution in [3.63, 3.8) is 0 Å². The van der Waals surface area contributed by atoms with Crippen molar-refractivity contribution in [3.05, 3.63) is 64.1 Å². The first-order valence-corrected chi connectivity index (χ1v) is 10.8. The Morgan fingerprint density at radius 2 is 1.63 bits per heavy atom. The highest BCUT2D eigenvalue weighted by atomic mass is 35.5. The molecule has 1 N–H and O–H groups in total. The van der Waals surface area contributed by atoms with Gasteiger partial charge in [0.15, 0.2) is 6.61 Å². The van der Waals surface area contributed by atoms with E-state index in [0.717, 1.165) is 6.42 Å². The van der Waals surface area contributed by atoms with Crippen LogP contribution in [0.25, 0.3) is 0 Å². The highest BCUT2D eigenvalue weighted by molar-refractivity contribution is 6.36. The lowest BCUT2D eigenvalue weighted by Gasteiger charge is -2.31. The first-order valence-electron chi connectivity index (χ1n) is 10.1. The molecule has 0 unspecified atom stereocenters. The predicted molar refractivity (Wildman–Crippen MR) is 121 cm³/mol. The maximum absolute atomic E-state index is 13.1. The van der Waals surface area contributed by atoms with Crippen molar-refractivity contribution in [3.8, 4) is 5.75 Å². The number of nitrogens with zero attached hydrogens (tertiary/aromatic N) is 1. The van der Waals surface area contributed by atoms with Crippen LogP contribution in [0.1, 0.15) is 39.2 Å². The molecule has 0 aliphatic heterocycles. The molecule has 5 nitrogen and oxygen atoms in total. The van der Waals surface area contributed by atoms with E-state index in [2.05, 4.69) is 5.32 Å². The molecule has 2 aromatic rings. The largest absolute Gasteiger partial charge is 0.484 e. The van der Waals surface area contributed by atoms with Crippen molar-refractivity contribution in [2.45, 2.75) is 52.2 Å². The summed E-state index contributed by atoms with van der Waals surface area (Å²) in [6, 6.07) is 13.6. The third kappa shape index (κ3) is 6.64. The third-order valence-corrected chi connectivity index (χ3v) is 5.59. The molecular weight excluding hydrogens is 423 g/mol. The summed E-state index contributed by atoms with van der Waals surface area (Å²) < 4.78 is 5.63. The zero-order chi connectivity index (χ0) is 22.1. The molecule has 0 saturated heterocycles. The van der Waals surface area contributed by atoms with Crippen molar-refractivity contribution in [1.29, 1.82) is 0 Å². The van der Waals surface area contributed by atoms with Crippen LogP contribution in [0.3, 0.4) is 0 Å². The van der Waals surface area contributed by atoms with Gasteiger partial charge in [0.1, 0.15) is 11.8 Å². The van der Waals surface area contributed by atoms with Crippen molar-refractivity contribution in [2.75, 3.05) is 6.61 Å². The summed E-state index contributed by atoms with van der Waals surface area (Å²) in [4.78, 5) is 27.5. The van der Waals surface area contributed by atoms with Crippen LogP contribution in [0.15, 0.2) is 48.5 Å². The van der Waals surface area contributed by atoms with E-state index in [9.17, 15) is 9.59 Å². The Bertz CT molecular complexity index is 825. The second kappa shape index (κ2) is 11.8. The average molecular weight is 451 g/mol. The molecule has 0 fully saturated rings. The van der Waals surface area contributed by atoms with Crippen LogP contribution in [-0.4, -0.2) is 35.4 Å². The van der Waals surface area contributed by atoms with Crippen molar-refractivity contribution < 1.29 is 14.3 Å². The number of para-hydroxylation sites is 1. The van der Waals surface area contributed by atoms with Gasteiger partial charge in [-0.1, -0.05) is 61.3 Å². The van der Waals surface area contributed by atoms with Gasteiger partial charge in [0.25, 0.3) is 5.91 Å². The van der Waals surface area contributed by atoms with E-state index in [-0.39, 0.29) is 31.0 Å². The van der Waals surface area contributed by atoms with E-state index in [1.807, 2.05) is 39.0 Å². The summed E-state index contributed by atoms with van der Waals surface area (Å²) in [6.07, 6.45) is 1.24. The number of rotatable bonds is 10. The minimum Gasteiger partial charge on any atom is -0.484 e. The molecule has 2 atom stereocenters. The zero-order valence-electron chi connectivity index (χ0n) is 17.5. The molecule has 0 aliphatic rings. The Hall–Kier alpha value is -2.24. The van der Waals surface area contributed by atoms with Crippen LogP contribution in [0, 0.1) is 0 Å². The summed E-state index contributed by atoms with van der Waals surface area (Å²) >= 11 is 12.7. The summed E-state index contributed by atoms with van der Waals surface area (Å²) in [6.45, 7) is 5.71. The zero-order valence-corrected chi connectivity index (χ0v) is 19.0. The molecule has 2 aromatic carbocycles. The Labute approximate surface area is 188 Å². The standard InChI is InChI=1S/C23H28Cl2N2O3/c1-4-16(3)26-23(29)21(5-2)27(14-18-19(24)12-9-13-20(18)25)22(28)15-30-17-10-7-6-8-11-17/h6-13,16,21H,4-5,14-15H2,1-3H3,(H,26,29)/t16-,21+/m0/s1. The SMILES string of the molecule is CC[C@H](C(=O)N[C@@H](C)CC)N(Cc1c(Cl)cccc1Cl)C(=O)COc1ccccc1. The molecule has 2 rings (SSSR count). The van der Waals surface area contributed by atoms with E-state index < -0.39 is 6.04 Å². The summed E-state index contributed by atoms with van der Waals surface area (Å²) in [5.41, 5.74) is 0.601. The number of carbonyl (C=O) groups excluding carboxylic acids is 2. The van der Waals surface area contributed by atoms with Crippen LogP contribution in [0.4, 0.5) is 0 Å². The second-order valence-corrected chi connectivity index (χ2v) is 7.88. The van der Waals surface area contributed by atoms with Gasteiger partial charge in [-0.15, -0.1) is 0 Å². The predicted octanol–water partition coefficient (Wildman–Crippen LogP) is 5.09. The first-order chi connectivity index (χ1) is 14.4. The number of amides is 2. The average Bonchev–Trinajstić information content (AvgIpc) is 2.74. The summed E-state index contributed by atoms with van der Waals surface area (Å²) in [5, 5.41) is 3.86. The number of carbonyl (C=O) groups is 2. The monoisotopic (exact) mass is 450 g/mol. The normalized spacial score (nSPS) is 12.7. The quantitative estimate of drug-likeness (QED) is 0.547. The van der Waals surface area contributed by atoms with Crippen LogP contribution in [-0.2, 0) is 16.1 Å². The van der Waals surface area contributed by atoms with Gasteiger partial charge >= 0.3 is 0 Å². The fraction of sp³-hybridized carbons (Fsp3) is 0.391. The summed E-state index contributed by atoms with van der Waals surface area (Å²) in [5.74, 6) is 0.0581. The smallest absolute Gasteiger partial charge is 0.261 e. The van der Waals surface area contributed by atoms with Crippen molar-refractivity contribution in [1.82, 2.24) is 10.2 Å². The van der Waals surface area contributed by atoms with Crippen molar-refractivity contribution in [2.24, 2.45) is 0 Å². The fourth-order valence-electron chi connectivity index (χ4n) is 2.96. The second-order valence-electron chi connectivity index (χ2n) is 7.07. The number of hydrogen-bond acceptors (Lipinski definition) is 3. The molecule has 30 heavy (non-hydrogen) atoms. The Balaban J connectivity index is 2.27. The van der Waals surface area contributed by atoms with Gasteiger partial charge in [-0.3, -0.25) is 9.59 Å². The maximum atomic E-state index is 13.1. The van der Waals surface area contributed by atoms with Crippen molar-refractivity contribution >= 4 is 35.0 Å². The molecule has 2 amide bonds. The minimum absolute atomic E-state index is 0.00738. The van der Waals surface area contributed by atoms with Gasteiger partial charge in [-0.25, -0.2) is 0 Å². The van der Waals surface area contributed by atoms with E-state index in [4.69, 9.17) is 27.9 Å². The molecule has 0 spiro atoms. The lowest BCUT2D eigenvalue weighted by Crippen LogP contribution is -2.51. The highest BCUT2D eigenvalue weighted by Crippen LogP contribution is 2.27. The molecule has 162 valence electrons. The van der Waals surface area contributed by atoms with Crippen LogP contribution in [0.5, 0.6) is 5.75 Å². The van der Waals surface area contributed by atoms with Gasteiger partial charge < -0.3 is 15.0 Å². The molecule has 0 heterocycles. The number of ether oxygens (including phenoxy) is 1. The van der Waals surface area contributed by atoms with Crippen LogP contribution >= 0.6 is 23.2 Å². The van der Waals surface area contributed by atoms with Gasteiger partial charge in [-0.05, 0) is 44.0 Å². The number of nitrogens with one attached hydrogen (secondary N) is 1. The molecule has 0 saturated carbocycles. The topological polar surface area (TPSA) is 58.6 Å². The van der Waals surface area contributed by atoms with E-state index in [1.165, 1.54) is 4.90 Å². The van der Waals surface area contributed by atoms with Gasteiger partial charge in [0.05, 0.1) is 0 Å². The molecule has 0 aliphatic carbocycles. The Morgan fingerprint density at radius 1 is 1.00 bits per heavy atom. The Kier molecular flexibility index (Phi) is 9.47. The lowest BCUT2D eigenvalue weighted by molar-refractivity contribution is -0.143. The van der Waals surface area contributed by atoms with Gasteiger partial charge in [-0.2, -0.15) is 0 Å².